The van der Waals surface area contributed by atoms with Gasteiger partial charge in [-0.05, 0) is 58.7 Å². The summed E-state index contributed by atoms with van der Waals surface area (Å²) in [6, 6.07) is 4.04. The van der Waals surface area contributed by atoms with Crippen molar-refractivity contribution in [3.8, 4) is 0 Å². The second kappa shape index (κ2) is 8.50. The van der Waals surface area contributed by atoms with Crippen molar-refractivity contribution in [2.75, 3.05) is 11.9 Å². The summed E-state index contributed by atoms with van der Waals surface area (Å²) in [4.78, 5) is 36.5. The third kappa shape index (κ3) is 6.82. The van der Waals surface area contributed by atoms with Gasteiger partial charge in [-0.1, -0.05) is 12.1 Å². The van der Waals surface area contributed by atoms with Gasteiger partial charge >= 0.3 is 12.1 Å². The molecular weight excluding hydrogens is 324 g/mol. The van der Waals surface area contributed by atoms with Gasteiger partial charge in [-0.3, -0.25) is 10.1 Å². The Labute approximate surface area is 148 Å². The zero-order chi connectivity index (χ0) is 19.2. The first-order valence-electron chi connectivity index (χ1n) is 8.07. The lowest BCUT2D eigenvalue weighted by Crippen LogP contribution is -2.51. The van der Waals surface area contributed by atoms with E-state index in [1.54, 1.807) is 33.8 Å². The van der Waals surface area contributed by atoms with Gasteiger partial charge in [-0.15, -0.1) is 0 Å². The molecule has 138 valence electrons. The van der Waals surface area contributed by atoms with Crippen LogP contribution in [0.15, 0.2) is 18.2 Å². The van der Waals surface area contributed by atoms with E-state index < -0.39 is 29.6 Å². The molecule has 0 heterocycles. The van der Waals surface area contributed by atoms with E-state index in [0.29, 0.717) is 5.69 Å². The van der Waals surface area contributed by atoms with Gasteiger partial charge in [0.25, 0.3) is 5.91 Å². The average molecular weight is 350 g/mol. The Morgan fingerprint density at radius 2 is 1.80 bits per heavy atom. The number of alkyl carbamates (subject to hydrolysis) is 1. The number of aryl methyl sites for hydroxylation is 2. The smallest absolute Gasteiger partial charge is 0.408 e. The molecule has 25 heavy (non-hydrogen) atoms. The fraction of sp³-hybridized carbons (Fsp3) is 0.500. The van der Waals surface area contributed by atoms with Crippen LogP contribution in [0.3, 0.4) is 0 Å². The summed E-state index contributed by atoms with van der Waals surface area (Å²) in [7, 11) is 0. The van der Waals surface area contributed by atoms with Crippen LogP contribution in [0.2, 0.25) is 0 Å². The monoisotopic (exact) mass is 350 g/mol. The summed E-state index contributed by atoms with van der Waals surface area (Å²) in [5.41, 5.74) is 1.59. The molecule has 0 radical (unpaired) electrons. The number of rotatable bonds is 5. The average Bonchev–Trinajstić information content (AvgIpc) is 2.46. The molecule has 0 saturated carbocycles. The van der Waals surface area contributed by atoms with Crippen LogP contribution in [0.4, 0.5) is 10.5 Å². The lowest BCUT2D eigenvalue weighted by atomic mass is 10.1. The minimum absolute atomic E-state index is 0.0854. The topological polar surface area (TPSA) is 93.7 Å². The quantitative estimate of drug-likeness (QED) is 0.629. The molecular formula is C18H26N2O5. The zero-order valence-corrected chi connectivity index (χ0v) is 15.6. The maximum absolute atomic E-state index is 12.5. The van der Waals surface area contributed by atoms with E-state index in [-0.39, 0.29) is 6.61 Å². The summed E-state index contributed by atoms with van der Waals surface area (Å²) in [5, 5.41) is 4.91. The number of ether oxygens (including phenoxy) is 2. The summed E-state index contributed by atoms with van der Waals surface area (Å²) >= 11 is 0. The number of amides is 2. The van der Waals surface area contributed by atoms with E-state index in [1.807, 2.05) is 26.0 Å². The molecule has 0 bridgehead atoms. The first-order chi connectivity index (χ1) is 11.5. The summed E-state index contributed by atoms with van der Waals surface area (Å²) in [6.45, 7) is 10.5. The summed E-state index contributed by atoms with van der Waals surface area (Å²) in [5.74, 6) is -1.55. The number of carbonyl (C=O) groups is 3. The van der Waals surface area contributed by atoms with Gasteiger partial charge in [0.2, 0.25) is 6.04 Å². The second-order valence-corrected chi connectivity index (χ2v) is 6.64. The lowest BCUT2D eigenvalue weighted by Gasteiger charge is -2.22. The van der Waals surface area contributed by atoms with Crippen LogP contribution in [0.25, 0.3) is 0 Å². The highest BCUT2D eigenvalue weighted by molar-refractivity contribution is 6.10. The fourth-order valence-corrected chi connectivity index (χ4v) is 1.96. The number of esters is 1. The van der Waals surface area contributed by atoms with Crippen molar-refractivity contribution in [3.05, 3.63) is 29.3 Å². The summed E-state index contributed by atoms with van der Waals surface area (Å²) in [6.07, 6.45) is -0.873. The van der Waals surface area contributed by atoms with E-state index in [2.05, 4.69) is 10.6 Å². The molecule has 0 aliphatic rings. The van der Waals surface area contributed by atoms with Crippen LogP contribution < -0.4 is 10.6 Å². The van der Waals surface area contributed by atoms with E-state index in [1.165, 1.54) is 0 Å². The van der Waals surface area contributed by atoms with Gasteiger partial charge in [0, 0.05) is 5.69 Å². The second-order valence-electron chi connectivity index (χ2n) is 6.64. The Balaban J connectivity index is 2.94. The molecule has 0 spiro atoms. The largest absolute Gasteiger partial charge is 0.464 e. The molecule has 2 N–H and O–H groups in total. The Morgan fingerprint density at radius 1 is 1.16 bits per heavy atom. The maximum Gasteiger partial charge on any atom is 0.408 e. The fourth-order valence-electron chi connectivity index (χ4n) is 1.96. The highest BCUT2D eigenvalue weighted by Crippen LogP contribution is 2.17. The standard InChI is InChI=1S/C18H26N2O5/c1-7-24-16(22)14(20-17(23)25-18(4,5)6)15(21)19-13-10-11(2)8-9-12(13)3/h8-10,14H,7H2,1-6H3,(H,19,21)(H,20,23)/t14-/m0/s1. The number of benzene rings is 1. The number of hydrogen-bond donors (Lipinski definition) is 2. The molecule has 7 heteroatoms. The molecule has 1 aromatic carbocycles. The number of nitrogens with one attached hydrogen (secondary N) is 2. The molecule has 2 amide bonds. The van der Waals surface area contributed by atoms with Crippen molar-refractivity contribution < 1.29 is 23.9 Å². The number of carbonyl (C=O) groups excluding carboxylic acids is 3. The van der Waals surface area contributed by atoms with Gasteiger partial charge in [-0.2, -0.15) is 0 Å². The van der Waals surface area contributed by atoms with Crippen LogP contribution in [0, 0.1) is 13.8 Å². The molecule has 0 unspecified atom stereocenters. The van der Waals surface area contributed by atoms with Crippen LogP contribution in [0.5, 0.6) is 0 Å². The Bertz CT molecular complexity index is 649. The normalized spacial score (nSPS) is 12.1. The molecule has 0 aliphatic heterocycles. The van der Waals surface area contributed by atoms with Gasteiger partial charge in [0.05, 0.1) is 6.61 Å². The zero-order valence-electron chi connectivity index (χ0n) is 15.6. The molecule has 7 nitrogen and oxygen atoms in total. The van der Waals surface area contributed by atoms with E-state index in [0.717, 1.165) is 11.1 Å². The van der Waals surface area contributed by atoms with Gasteiger partial charge < -0.3 is 14.8 Å². The van der Waals surface area contributed by atoms with E-state index in [9.17, 15) is 14.4 Å². The lowest BCUT2D eigenvalue weighted by molar-refractivity contribution is -0.148. The predicted molar refractivity (Wildman–Crippen MR) is 94.3 cm³/mol. The molecule has 1 aromatic rings. The van der Waals surface area contributed by atoms with Crippen molar-refractivity contribution in [3.63, 3.8) is 0 Å². The van der Waals surface area contributed by atoms with E-state index in [4.69, 9.17) is 9.47 Å². The van der Waals surface area contributed by atoms with Crippen molar-refractivity contribution >= 4 is 23.7 Å². The van der Waals surface area contributed by atoms with E-state index >= 15 is 0 Å². The highest BCUT2D eigenvalue weighted by atomic mass is 16.6. The Kier molecular flexibility index (Phi) is 6.97. The molecule has 0 saturated heterocycles. The van der Waals surface area contributed by atoms with Gasteiger partial charge in [-0.25, -0.2) is 9.59 Å². The third-order valence-corrected chi connectivity index (χ3v) is 3.10. The van der Waals surface area contributed by atoms with Crippen molar-refractivity contribution in [2.24, 2.45) is 0 Å². The van der Waals surface area contributed by atoms with Gasteiger partial charge in [0.15, 0.2) is 0 Å². The Morgan fingerprint density at radius 3 is 2.36 bits per heavy atom. The Hall–Kier alpha value is -2.57. The van der Waals surface area contributed by atoms with Crippen molar-refractivity contribution in [1.82, 2.24) is 5.32 Å². The molecule has 0 aliphatic carbocycles. The first kappa shape index (κ1) is 20.5. The minimum Gasteiger partial charge on any atom is -0.464 e. The molecule has 0 fully saturated rings. The number of hydrogen-bond acceptors (Lipinski definition) is 5. The predicted octanol–water partition coefficient (Wildman–Crippen LogP) is 2.70. The minimum atomic E-state index is -1.50. The molecule has 1 atom stereocenters. The van der Waals surface area contributed by atoms with Crippen LogP contribution in [0.1, 0.15) is 38.8 Å². The van der Waals surface area contributed by atoms with Crippen molar-refractivity contribution in [1.29, 1.82) is 0 Å². The number of anilines is 1. The SMILES string of the molecule is CCOC(=O)[C@@H](NC(=O)OC(C)(C)C)C(=O)Nc1cc(C)ccc1C. The highest BCUT2D eigenvalue weighted by Gasteiger charge is 2.32. The molecule has 0 aromatic heterocycles. The third-order valence-electron chi connectivity index (χ3n) is 3.10. The van der Waals surface area contributed by atoms with Crippen LogP contribution in [-0.2, 0) is 19.1 Å². The van der Waals surface area contributed by atoms with Gasteiger partial charge in [0.1, 0.15) is 5.60 Å². The maximum atomic E-state index is 12.5. The van der Waals surface area contributed by atoms with Crippen LogP contribution in [-0.4, -0.2) is 36.2 Å². The first-order valence-corrected chi connectivity index (χ1v) is 8.07. The van der Waals surface area contributed by atoms with Crippen molar-refractivity contribution in [2.45, 2.75) is 53.2 Å². The summed E-state index contributed by atoms with van der Waals surface area (Å²) < 4.78 is 9.98. The molecule has 1 rings (SSSR count). The van der Waals surface area contributed by atoms with Crippen LogP contribution >= 0.6 is 0 Å².